The van der Waals surface area contributed by atoms with Crippen LogP contribution in [0.1, 0.15) is 45.2 Å². The predicted octanol–water partition coefficient (Wildman–Crippen LogP) is 4.35. The number of allylic oxidation sites excluding steroid dienone is 2. The van der Waals surface area contributed by atoms with Crippen LogP contribution in [0.15, 0.2) is 48.6 Å². The third-order valence-corrected chi connectivity index (χ3v) is 4.78. The molecule has 2 aromatic rings. The van der Waals surface area contributed by atoms with E-state index in [1.807, 2.05) is 0 Å². The van der Waals surface area contributed by atoms with Gasteiger partial charge < -0.3 is 34.8 Å². The summed E-state index contributed by atoms with van der Waals surface area (Å²) in [6.45, 7) is 6.49. The van der Waals surface area contributed by atoms with Crippen molar-refractivity contribution in [2.45, 2.75) is 45.8 Å². The van der Waals surface area contributed by atoms with Crippen molar-refractivity contribution >= 4 is 35.8 Å². The molecular formula is C29H35NO10. The molecule has 2 rings (SSSR count). The van der Waals surface area contributed by atoms with Gasteiger partial charge in [-0.05, 0) is 75.2 Å². The molecule has 216 valence electrons. The number of aliphatic carboxylic acids is 1. The first kappa shape index (κ1) is 33.2. The lowest BCUT2D eigenvalue weighted by molar-refractivity contribution is -0.139. The maximum Gasteiger partial charge on any atom is 0.408 e. The highest BCUT2D eigenvalue weighted by Crippen LogP contribution is 2.27. The number of hydrogen-bond acceptors (Lipinski definition) is 9. The summed E-state index contributed by atoms with van der Waals surface area (Å²) in [4.78, 5) is 45.2. The monoisotopic (exact) mass is 557 g/mol. The van der Waals surface area contributed by atoms with Crippen LogP contribution in [0.4, 0.5) is 4.79 Å². The smallest absolute Gasteiger partial charge is 0.408 e. The zero-order valence-electron chi connectivity index (χ0n) is 23.3. The van der Waals surface area contributed by atoms with E-state index < -0.39 is 23.7 Å². The average molecular weight is 558 g/mol. The Balaban J connectivity index is 0.000000520. The lowest BCUT2D eigenvalue weighted by Gasteiger charge is -2.20. The Morgan fingerprint density at radius 2 is 1.27 bits per heavy atom. The molecule has 1 unspecified atom stereocenters. The van der Waals surface area contributed by atoms with E-state index in [9.17, 15) is 29.4 Å². The molecule has 0 aliphatic heterocycles. The van der Waals surface area contributed by atoms with Crippen molar-refractivity contribution in [3.05, 3.63) is 59.7 Å². The van der Waals surface area contributed by atoms with E-state index in [0.717, 1.165) is 0 Å². The molecule has 0 heterocycles. The number of phenolic OH excluding ortho intramolecular Hbond substituents is 2. The number of carboxylic acid groups (broad SMARTS) is 1. The fourth-order valence-electron chi connectivity index (χ4n) is 2.81. The van der Waals surface area contributed by atoms with Gasteiger partial charge in [0.1, 0.15) is 11.6 Å². The zero-order chi connectivity index (χ0) is 30.5. The van der Waals surface area contributed by atoms with Crippen LogP contribution in [0.5, 0.6) is 23.0 Å². The molecule has 0 spiro atoms. The van der Waals surface area contributed by atoms with E-state index in [1.54, 1.807) is 57.2 Å². The van der Waals surface area contributed by atoms with Crippen molar-refractivity contribution in [3.8, 4) is 23.0 Å². The molecule has 1 atom stereocenters. The van der Waals surface area contributed by atoms with Crippen LogP contribution in [0, 0.1) is 0 Å². The van der Waals surface area contributed by atoms with Crippen LogP contribution in [-0.4, -0.2) is 64.8 Å². The number of nitrogens with one attached hydrogen (secondary N) is 1. The molecule has 0 fully saturated rings. The molecule has 0 aliphatic carbocycles. The molecule has 40 heavy (non-hydrogen) atoms. The number of rotatable bonds is 10. The van der Waals surface area contributed by atoms with Gasteiger partial charge in [-0.2, -0.15) is 0 Å². The van der Waals surface area contributed by atoms with Crippen LogP contribution in [0.3, 0.4) is 0 Å². The minimum atomic E-state index is -1.09. The number of hydrogen-bond donors (Lipinski definition) is 4. The number of methoxy groups -OCH3 is 2. The highest BCUT2D eigenvalue weighted by Gasteiger charge is 2.20. The van der Waals surface area contributed by atoms with Gasteiger partial charge in [-0.25, -0.2) is 4.79 Å². The summed E-state index contributed by atoms with van der Waals surface area (Å²) >= 11 is 0. The number of alkyl carbamates (subject to hydrolysis) is 1. The largest absolute Gasteiger partial charge is 0.504 e. The highest BCUT2D eigenvalue weighted by atomic mass is 16.6. The Morgan fingerprint density at radius 3 is 1.62 bits per heavy atom. The van der Waals surface area contributed by atoms with Gasteiger partial charge in [0, 0.05) is 0 Å². The van der Waals surface area contributed by atoms with Crippen molar-refractivity contribution in [2.24, 2.45) is 0 Å². The normalized spacial score (nSPS) is 11.8. The van der Waals surface area contributed by atoms with E-state index in [2.05, 4.69) is 5.32 Å². The first-order valence-electron chi connectivity index (χ1n) is 12.0. The average Bonchev–Trinajstić information content (AvgIpc) is 2.86. The van der Waals surface area contributed by atoms with Gasteiger partial charge in [0.2, 0.25) is 0 Å². The van der Waals surface area contributed by atoms with E-state index in [1.165, 1.54) is 45.4 Å². The van der Waals surface area contributed by atoms with Crippen LogP contribution >= 0.6 is 0 Å². The second-order valence-corrected chi connectivity index (χ2v) is 9.34. The number of carbonyl (C=O) groups excluding carboxylic acids is 3. The van der Waals surface area contributed by atoms with E-state index in [4.69, 9.17) is 19.3 Å². The van der Waals surface area contributed by atoms with Gasteiger partial charge in [0.15, 0.2) is 34.6 Å². The molecule has 4 N–H and O–H groups in total. The molecule has 0 saturated carbocycles. The number of benzene rings is 2. The fraction of sp³-hybridized carbons (Fsp3) is 0.310. The van der Waals surface area contributed by atoms with Crippen LogP contribution in [-0.2, 0) is 19.1 Å². The first-order valence-corrected chi connectivity index (χ1v) is 12.0. The number of amides is 1. The van der Waals surface area contributed by atoms with E-state index in [0.29, 0.717) is 22.6 Å². The minimum Gasteiger partial charge on any atom is -0.504 e. The Hall–Kier alpha value is -4.80. The topological polar surface area (TPSA) is 169 Å². The molecule has 0 saturated heterocycles. The Labute approximate surface area is 232 Å². The number of phenols is 2. The summed E-state index contributed by atoms with van der Waals surface area (Å²) in [6, 6.07) is 8.40. The van der Waals surface area contributed by atoms with Crippen molar-refractivity contribution < 1.29 is 48.7 Å². The predicted molar refractivity (Wildman–Crippen MR) is 148 cm³/mol. The van der Waals surface area contributed by atoms with Gasteiger partial charge in [0.25, 0.3) is 0 Å². The Morgan fingerprint density at radius 1 is 0.850 bits per heavy atom. The summed E-state index contributed by atoms with van der Waals surface area (Å²) < 4.78 is 14.8. The maximum absolute atomic E-state index is 11.9. The summed E-state index contributed by atoms with van der Waals surface area (Å²) in [7, 11) is 2.87. The molecule has 11 nitrogen and oxygen atoms in total. The zero-order valence-corrected chi connectivity index (χ0v) is 23.3. The third-order valence-electron chi connectivity index (χ3n) is 4.78. The molecule has 0 aliphatic rings. The quantitative estimate of drug-likeness (QED) is 0.243. The van der Waals surface area contributed by atoms with Gasteiger partial charge >= 0.3 is 12.1 Å². The van der Waals surface area contributed by atoms with Crippen molar-refractivity contribution in [3.63, 3.8) is 0 Å². The summed E-state index contributed by atoms with van der Waals surface area (Å²) in [5, 5.41) is 29.7. The lowest BCUT2D eigenvalue weighted by atomic mass is 10.1. The molecule has 0 bridgehead atoms. The first-order chi connectivity index (χ1) is 18.6. The van der Waals surface area contributed by atoms with E-state index >= 15 is 0 Å². The summed E-state index contributed by atoms with van der Waals surface area (Å²) in [5.74, 6) is -1.18. The van der Waals surface area contributed by atoms with Gasteiger partial charge in [-0.15, -0.1) is 0 Å². The molecule has 0 aromatic heterocycles. The van der Waals surface area contributed by atoms with Crippen molar-refractivity contribution in [1.82, 2.24) is 5.32 Å². The van der Waals surface area contributed by atoms with Gasteiger partial charge in [-0.1, -0.05) is 24.3 Å². The van der Waals surface area contributed by atoms with Crippen molar-refractivity contribution in [1.29, 1.82) is 0 Å². The Bertz CT molecular complexity index is 1180. The number of carboxylic acids is 1. The van der Waals surface area contributed by atoms with Gasteiger partial charge in [0.05, 0.1) is 20.6 Å². The summed E-state index contributed by atoms with van der Waals surface area (Å²) in [6.07, 6.45) is 4.72. The van der Waals surface area contributed by atoms with Gasteiger partial charge in [-0.3, -0.25) is 14.4 Å². The molecule has 11 heteroatoms. The van der Waals surface area contributed by atoms with Crippen LogP contribution in [0.2, 0.25) is 0 Å². The summed E-state index contributed by atoms with van der Waals surface area (Å²) in [5.41, 5.74) is 0.719. The van der Waals surface area contributed by atoms with E-state index in [-0.39, 0.29) is 29.5 Å². The number of aromatic hydroxyl groups is 2. The highest BCUT2D eigenvalue weighted by molar-refractivity contribution is 6.10. The minimum absolute atomic E-state index is 0.00662. The molecule has 1 amide bonds. The van der Waals surface area contributed by atoms with Crippen LogP contribution in [0.25, 0.3) is 12.2 Å². The number of ketones is 2. The third kappa shape index (κ3) is 12.6. The molecule has 2 aromatic carbocycles. The standard InChI is InChI=1S/C21H20O6.C8H15NO4/c1-26-20-11-14(5-9-18(20)24)3-7-16(22)13-17(23)8-4-15-6-10-19(25)21(12-15)27-2;1-5(6(10)11)9-7(12)13-8(2,3)4/h3-12,24-25H,13H2,1-2H3;5H,1-4H3,(H,9,12)(H,10,11)/b7-3+,8-4+;. The Kier molecular flexibility index (Phi) is 12.9. The SMILES string of the molecule is CC(NC(=O)OC(C)(C)C)C(=O)O.COc1cc(/C=C/C(=O)CC(=O)/C=C/c2ccc(O)c(OC)c2)ccc1O. The number of carbonyl (C=O) groups is 4. The number of ether oxygens (including phenoxy) is 3. The fourth-order valence-corrected chi connectivity index (χ4v) is 2.81. The van der Waals surface area contributed by atoms with Crippen molar-refractivity contribution in [2.75, 3.05) is 14.2 Å². The van der Waals surface area contributed by atoms with Crippen LogP contribution < -0.4 is 14.8 Å². The molecular weight excluding hydrogens is 522 g/mol. The second kappa shape index (κ2) is 15.6. The molecule has 0 radical (unpaired) electrons. The second-order valence-electron chi connectivity index (χ2n) is 9.34. The maximum atomic E-state index is 11.9. The lowest BCUT2D eigenvalue weighted by Crippen LogP contribution is -2.41.